The van der Waals surface area contributed by atoms with Crippen molar-refractivity contribution in [2.24, 2.45) is 11.8 Å². The fourth-order valence-corrected chi connectivity index (χ4v) is 4.43. The lowest BCUT2D eigenvalue weighted by Gasteiger charge is -2.27. The molecule has 11 nitrogen and oxygen atoms in total. The summed E-state index contributed by atoms with van der Waals surface area (Å²) in [6.45, 7) is 10.2. The van der Waals surface area contributed by atoms with Crippen LogP contribution in [0, 0.1) is 18.8 Å². The average Bonchev–Trinajstić information content (AvgIpc) is 2.94. The van der Waals surface area contributed by atoms with Gasteiger partial charge in [0.15, 0.2) is 0 Å². The minimum Gasteiger partial charge on any atom is -0.467 e. The van der Waals surface area contributed by atoms with Gasteiger partial charge in [0, 0.05) is 13.3 Å². The van der Waals surface area contributed by atoms with Crippen LogP contribution in [0.3, 0.4) is 0 Å². The normalized spacial score (nSPS) is 12.7. The molecular formula is C32H43ClN4O7. The molecule has 2 aromatic carbocycles. The van der Waals surface area contributed by atoms with Gasteiger partial charge in [-0.1, -0.05) is 69.7 Å². The van der Waals surface area contributed by atoms with Crippen molar-refractivity contribution in [1.29, 1.82) is 0 Å². The number of amides is 4. The lowest BCUT2D eigenvalue weighted by atomic mass is 9.99. The van der Waals surface area contributed by atoms with Crippen LogP contribution in [0.1, 0.15) is 62.5 Å². The van der Waals surface area contributed by atoms with Crippen molar-refractivity contribution in [2.75, 3.05) is 12.4 Å². The topological polar surface area (TPSA) is 160 Å². The van der Waals surface area contributed by atoms with Crippen LogP contribution < -0.4 is 21.3 Å². The van der Waals surface area contributed by atoms with E-state index in [2.05, 4.69) is 21.3 Å². The van der Waals surface area contributed by atoms with Crippen LogP contribution in [0.5, 0.6) is 0 Å². The van der Waals surface area contributed by atoms with E-state index in [-0.39, 0.29) is 36.0 Å². The Morgan fingerprint density at radius 2 is 1.43 bits per heavy atom. The fourth-order valence-electron chi connectivity index (χ4n) is 4.43. The van der Waals surface area contributed by atoms with Crippen molar-refractivity contribution in [3.8, 4) is 0 Å². The lowest BCUT2D eigenvalue weighted by molar-refractivity contribution is -0.146. The summed E-state index contributed by atoms with van der Waals surface area (Å²) in [5, 5.41) is 10.4. The van der Waals surface area contributed by atoms with Crippen LogP contribution in [0.15, 0.2) is 48.5 Å². The number of aryl methyl sites for hydroxylation is 1. The molecule has 0 spiro atoms. The maximum atomic E-state index is 13.5. The molecule has 240 valence electrons. The SMILES string of the molecule is COC(=O)[C@H](CC(C)C)NC(=O)[C@H](Cc1ccccc1)NC(=O)[C@@H](NC(=O)C(=O)c1cc(C)ccc1NC(C)=O)C(C)C.Cl. The highest BCUT2D eigenvalue weighted by atomic mass is 35.5. The maximum absolute atomic E-state index is 13.5. The second-order valence-electron chi connectivity index (χ2n) is 11.2. The third-order valence-electron chi connectivity index (χ3n) is 6.60. The van der Waals surface area contributed by atoms with Crippen molar-refractivity contribution >= 4 is 53.5 Å². The molecule has 4 amide bonds. The van der Waals surface area contributed by atoms with E-state index in [1.54, 1.807) is 51.1 Å². The smallest absolute Gasteiger partial charge is 0.328 e. The molecule has 4 N–H and O–H groups in total. The number of ketones is 1. The summed E-state index contributed by atoms with van der Waals surface area (Å²) in [7, 11) is 1.23. The number of halogens is 1. The van der Waals surface area contributed by atoms with Gasteiger partial charge >= 0.3 is 5.97 Å². The highest BCUT2D eigenvalue weighted by molar-refractivity contribution is 6.44. The predicted molar refractivity (Wildman–Crippen MR) is 169 cm³/mol. The van der Waals surface area contributed by atoms with Crippen molar-refractivity contribution in [2.45, 2.75) is 72.5 Å². The van der Waals surface area contributed by atoms with Crippen LogP contribution in [-0.2, 0) is 35.1 Å². The van der Waals surface area contributed by atoms with Crippen LogP contribution in [0.4, 0.5) is 5.69 Å². The van der Waals surface area contributed by atoms with Crippen LogP contribution in [-0.4, -0.2) is 60.6 Å². The van der Waals surface area contributed by atoms with E-state index in [4.69, 9.17) is 4.74 Å². The zero-order valence-electron chi connectivity index (χ0n) is 26.2. The van der Waals surface area contributed by atoms with Crippen LogP contribution in [0.25, 0.3) is 0 Å². The molecule has 12 heteroatoms. The largest absolute Gasteiger partial charge is 0.467 e. The highest BCUT2D eigenvalue weighted by Crippen LogP contribution is 2.19. The summed E-state index contributed by atoms with van der Waals surface area (Å²) in [5.41, 5.74) is 1.61. The van der Waals surface area contributed by atoms with E-state index < -0.39 is 59.4 Å². The van der Waals surface area contributed by atoms with E-state index in [1.807, 2.05) is 19.9 Å². The first kappa shape index (κ1) is 37.8. The van der Waals surface area contributed by atoms with E-state index >= 15 is 0 Å². The van der Waals surface area contributed by atoms with Gasteiger partial charge in [0.1, 0.15) is 18.1 Å². The highest BCUT2D eigenvalue weighted by Gasteiger charge is 2.33. The summed E-state index contributed by atoms with van der Waals surface area (Å²) in [6.07, 6.45) is 0.436. The second-order valence-corrected chi connectivity index (χ2v) is 11.2. The molecule has 2 aromatic rings. The van der Waals surface area contributed by atoms with Crippen molar-refractivity contribution in [3.05, 3.63) is 65.2 Å². The molecule has 0 bridgehead atoms. The van der Waals surface area contributed by atoms with Gasteiger partial charge in [0.05, 0.1) is 18.4 Å². The molecule has 2 rings (SSSR count). The monoisotopic (exact) mass is 630 g/mol. The van der Waals surface area contributed by atoms with E-state index in [0.29, 0.717) is 12.0 Å². The van der Waals surface area contributed by atoms with Crippen LogP contribution >= 0.6 is 12.4 Å². The Bertz CT molecular complexity index is 1330. The molecule has 0 fully saturated rings. The summed E-state index contributed by atoms with van der Waals surface area (Å²) in [6, 6.07) is 10.5. The van der Waals surface area contributed by atoms with Crippen molar-refractivity contribution < 1.29 is 33.5 Å². The van der Waals surface area contributed by atoms with Gasteiger partial charge in [-0.2, -0.15) is 0 Å². The average molecular weight is 631 g/mol. The molecule has 0 aliphatic carbocycles. The molecule has 0 aromatic heterocycles. The number of Topliss-reactive ketones (excluding diaryl/α,β-unsaturated/α-hetero) is 1. The zero-order chi connectivity index (χ0) is 32.3. The van der Waals surface area contributed by atoms with E-state index in [0.717, 1.165) is 5.56 Å². The minimum absolute atomic E-state index is 0. The Labute approximate surface area is 264 Å². The number of esters is 1. The number of anilines is 1. The van der Waals surface area contributed by atoms with Crippen molar-refractivity contribution in [1.82, 2.24) is 16.0 Å². The fraction of sp³-hybridized carbons (Fsp3) is 0.438. The second kappa shape index (κ2) is 17.8. The van der Waals surface area contributed by atoms with Gasteiger partial charge in [-0.15, -0.1) is 12.4 Å². The summed E-state index contributed by atoms with van der Waals surface area (Å²) < 4.78 is 4.86. The van der Waals surface area contributed by atoms with Gasteiger partial charge in [-0.25, -0.2) is 4.79 Å². The number of hydrogen-bond donors (Lipinski definition) is 4. The Morgan fingerprint density at radius 1 is 0.818 bits per heavy atom. The predicted octanol–water partition coefficient (Wildman–Crippen LogP) is 3.13. The molecule has 0 aliphatic rings. The molecule has 0 aliphatic heterocycles. The number of carbonyl (C=O) groups is 6. The molecule has 0 saturated carbocycles. The number of rotatable bonds is 14. The lowest BCUT2D eigenvalue weighted by Crippen LogP contribution is -2.58. The molecule has 0 unspecified atom stereocenters. The third-order valence-corrected chi connectivity index (χ3v) is 6.60. The van der Waals surface area contributed by atoms with Gasteiger partial charge in [-0.05, 0) is 42.9 Å². The summed E-state index contributed by atoms with van der Waals surface area (Å²) in [4.78, 5) is 77.2. The quantitative estimate of drug-likeness (QED) is 0.142. The van der Waals surface area contributed by atoms with E-state index in [1.165, 1.54) is 26.2 Å². The minimum atomic E-state index is -1.18. The number of nitrogens with one attached hydrogen (secondary N) is 4. The van der Waals surface area contributed by atoms with Gasteiger partial charge in [0.25, 0.3) is 11.7 Å². The van der Waals surface area contributed by atoms with E-state index in [9.17, 15) is 28.8 Å². The van der Waals surface area contributed by atoms with Gasteiger partial charge in [0.2, 0.25) is 17.7 Å². The van der Waals surface area contributed by atoms with Gasteiger partial charge in [-0.3, -0.25) is 24.0 Å². The number of methoxy groups -OCH3 is 1. The number of hydrogen-bond acceptors (Lipinski definition) is 7. The molecule has 0 heterocycles. The zero-order valence-corrected chi connectivity index (χ0v) is 27.0. The molecule has 0 saturated heterocycles. The first-order chi connectivity index (χ1) is 20.2. The first-order valence-electron chi connectivity index (χ1n) is 14.2. The molecule has 44 heavy (non-hydrogen) atoms. The standard InChI is InChI=1S/C32H42N4O7.ClH/c1-18(2)15-26(32(42)43-7)35-29(39)25(17-22-11-9-8-10-12-22)34-30(40)27(19(3)4)36-31(41)28(38)23-16-20(5)13-14-24(23)33-21(6)37;/h8-14,16,18-19,25-27H,15,17H2,1-7H3,(H,33,37)(H,34,40)(H,35,39)(H,36,41);1H/t25-,26-,27-;/m0./s1. The maximum Gasteiger partial charge on any atom is 0.328 e. The summed E-state index contributed by atoms with van der Waals surface area (Å²) >= 11 is 0. The Morgan fingerprint density at radius 3 is 1.98 bits per heavy atom. The van der Waals surface area contributed by atoms with Crippen molar-refractivity contribution in [3.63, 3.8) is 0 Å². The number of benzene rings is 2. The first-order valence-corrected chi connectivity index (χ1v) is 14.2. The Hall–Kier alpha value is -4.25. The third kappa shape index (κ3) is 11.4. The van der Waals surface area contributed by atoms with Gasteiger partial charge < -0.3 is 26.0 Å². The number of ether oxygens (including phenoxy) is 1. The Kier molecular flexibility index (Phi) is 15.3. The summed E-state index contributed by atoms with van der Waals surface area (Å²) in [5.74, 6) is -4.67. The molecule has 0 radical (unpaired) electrons. The molecular weight excluding hydrogens is 588 g/mol. The van der Waals surface area contributed by atoms with Crippen LogP contribution in [0.2, 0.25) is 0 Å². The Balaban J connectivity index is 0.00000968. The molecule has 3 atom stereocenters. The number of carbonyl (C=O) groups excluding carboxylic acids is 6.